The molecule has 0 bridgehead atoms. The minimum Gasteiger partial charge on any atom is -0.495 e. The lowest BCUT2D eigenvalue weighted by Gasteiger charge is -2.21. The van der Waals surface area contributed by atoms with E-state index in [4.69, 9.17) is 16.3 Å². The highest BCUT2D eigenvalue weighted by Crippen LogP contribution is 2.36. The number of ether oxygens (including phenoxy) is 2. The van der Waals surface area contributed by atoms with Crippen LogP contribution < -0.4 is 15.0 Å². The van der Waals surface area contributed by atoms with E-state index >= 15 is 0 Å². The van der Waals surface area contributed by atoms with E-state index in [1.807, 2.05) is 44.2 Å². The first-order chi connectivity index (χ1) is 15.1. The van der Waals surface area contributed by atoms with Gasteiger partial charge in [0.05, 0.1) is 26.0 Å². The van der Waals surface area contributed by atoms with Crippen LogP contribution >= 0.6 is 11.6 Å². The Morgan fingerprint density at radius 3 is 2.56 bits per heavy atom. The Balaban J connectivity index is 2.90. The number of alkyl carbamates (subject to hydrolysis) is 1. The zero-order chi connectivity index (χ0) is 24.3. The molecule has 178 valence electrons. The van der Waals surface area contributed by atoms with Gasteiger partial charge in [-0.25, -0.2) is 4.79 Å². The fourth-order valence-corrected chi connectivity index (χ4v) is 3.30. The number of methoxy groups -OCH3 is 2. The summed E-state index contributed by atoms with van der Waals surface area (Å²) in [5, 5.41) is 12.5. The zero-order valence-electron chi connectivity index (χ0n) is 19.8. The van der Waals surface area contributed by atoms with Gasteiger partial charge in [-0.1, -0.05) is 35.4 Å². The molecule has 0 radical (unpaired) electrons. The number of nitrogens with zero attached hydrogens (tertiary/aromatic N) is 1. The van der Waals surface area contributed by atoms with Crippen LogP contribution in [0, 0.1) is 0 Å². The van der Waals surface area contributed by atoms with Crippen molar-refractivity contribution >= 4 is 29.3 Å². The van der Waals surface area contributed by atoms with Crippen LogP contribution in [0.5, 0.6) is 5.75 Å². The van der Waals surface area contributed by atoms with Gasteiger partial charge in [-0.3, -0.25) is 4.79 Å². The molecule has 1 rings (SSSR count). The van der Waals surface area contributed by atoms with E-state index < -0.39 is 12.2 Å². The molecule has 0 aliphatic rings. The first-order valence-electron chi connectivity index (χ1n) is 10.6. The topological polar surface area (TPSA) is 88.1 Å². The average molecular weight is 467 g/mol. The summed E-state index contributed by atoms with van der Waals surface area (Å²) < 4.78 is 10.00. The van der Waals surface area contributed by atoms with Crippen molar-refractivity contribution < 1.29 is 24.2 Å². The molecule has 2 N–H and O–H groups in total. The molecule has 0 fully saturated rings. The normalized spacial score (nSPS) is 13.6. The zero-order valence-corrected chi connectivity index (χ0v) is 20.5. The van der Waals surface area contributed by atoms with Crippen molar-refractivity contribution in [3.8, 4) is 5.75 Å². The molecule has 0 saturated heterocycles. The second-order valence-electron chi connectivity index (χ2n) is 7.86. The lowest BCUT2D eigenvalue weighted by Crippen LogP contribution is -2.31. The second-order valence-corrected chi connectivity index (χ2v) is 8.24. The lowest BCUT2D eigenvalue weighted by molar-refractivity contribution is -0.118. The van der Waals surface area contributed by atoms with E-state index in [1.54, 1.807) is 21.1 Å². The lowest BCUT2D eigenvalue weighted by atomic mass is 10.0. The Morgan fingerprint density at radius 1 is 1.28 bits per heavy atom. The van der Waals surface area contributed by atoms with Crippen molar-refractivity contribution in [1.82, 2.24) is 5.32 Å². The van der Waals surface area contributed by atoms with E-state index in [0.717, 1.165) is 11.1 Å². The molecule has 1 unspecified atom stereocenters. The van der Waals surface area contributed by atoms with Gasteiger partial charge in [-0.05, 0) is 57.7 Å². The van der Waals surface area contributed by atoms with Crippen LogP contribution in [0.25, 0.3) is 0 Å². The minimum atomic E-state index is -0.538. The number of hydrogen-bond donors (Lipinski definition) is 2. The Labute approximate surface area is 196 Å². The minimum absolute atomic E-state index is 0.0302. The van der Waals surface area contributed by atoms with Crippen LogP contribution in [0.15, 0.2) is 35.9 Å². The number of rotatable bonds is 11. The van der Waals surface area contributed by atoms with E-state index in [-0.39, 0.29) is 18.4 Å². The Kier molecular flexibility index (Phi) is 11.9. The van der Waals surface area contributed by atoms with E-state index in [1.165, 1.54) is 12.0 Å². The van der Waals surface area contributed by atoms with Gasteiger partial charge in [0.1, 0.15) is 10.8 Å². The number of aliphatic hydroxyl groups is 1. The number of carbonyl (C=O) groups is 2. The third-order valence-corrected chi connectivity index (χ3v) is 5.23. The number of halogens is 1. The van der Waals surface area contributed by atoms with E-state index in [9.17, 15) is 14.7 Å². The SMILES string of the molecule is COC(=O)NC(C)C/C=C/C=C(\C)Cc1cc(OC)c(Cl)c(N(C)C(=O)CC[C@H](C)O)c1. The van der Waals surface area contributed by atoms with Crippen molar-refractivity contribution in [1.29, 1.82) is 0 Å². The molecule has 2 amide bonds. The number of anilines is 1. The Bertz CT molecular complexity index is 836. The number of carbonyl (C=O) groups excluding carboxylic acids is 2. The molecule has 0 aliphatic carbocycles. The molecule has 0 heterocycles. The first-order valence-corrected chi connectivity index (χ1v) is 10.9. The number of hydrogen-bond acceptors (Lipinski definition) is 5. The van der Waals surface area contributed by atoms with E-state index in [0.29, 0.717) is 35.7 Å². The Hall–Kier alpha value is -2.51. The molecule has 8 heteroatoms. The molecule has 7 nitrogen and oxygen atoms in total. The molecular formula is C24H35ClN2O5. The van der Waals surface area contributed by atoms with Gasteiger partial charge < -0.3 is 24.8 Å². The molecular weight excluding hydrogens is 432 g/mol. The summed E-state index contributed by atoms with van der Waals surface area (Å²) in [5.41, 5.74) is 2.63. The van der Waals surface area contributed by atoms with Crippen molar-refractivity contribution in [3.63, 3.8) is 0 Å². The van der Waals surface area contributed by atoms with Gasteiger partial charge in [-0.2, -0.15) is 0 Å². The molecule has 0 aliphatic heterocycles. The van der Waals surface area contributed by atoms with Crippen molar-refractivity contribution in [2.45, 2.75) is 58.6 Å². The number of aliphatic hydroxyl groups excluding tert-OH is 1. The highest BCUT2D eigenvalue weighted by molar-refractivity contribution is 6.35. The summed E-state index contributed by atoms with van der Waals surface area (Å²) in [6, 6.07) is 3.72. The molecule has 1 aromatic carbocycles. The number of amides is 2. The summed E-state index contributed by atoms with van der Waals surface area (Å²) >= 11 is 6.46. The summed E-state index contributed by atoms with van der Waals surface area (Å²) in [4.78, 5) is 25.2. The summed E-state index contributed by atoms with van der Waals surface area (Å²) in [7, 11) is 4.55. The van der Waals surface area contributed by atoms with Crippen molar-refractivity contribution in [3.05, 3.63) is 46.5 Å². The number of nitrogens with one attached hydrogen (secondary N) is 1. The van der Waals surface area contributed by atoms with Gasteiger partial charge in [0.2, 0.25) is 5.91 Å². The second kappa shape index (κ2) is 13.8. The third-order valence-electron chi connectivity index (χ3n) is 4.85. The van der Waals surface area contributed by atoms with Gasteiger partial charge in [0, 0.05) is 19.5 Å². The van der Waals surface area contributed by atoms with Crippen LogP contribution in [0.2, 0.25) is 5.02 Å². The fourth-order valence-electron chi connectivity index (χ4n) is 2.98. The maximum atomic E-state index is 12.5. The van der Waals surface area contributed by atoms with Crippen LogP contribution in [0.1, 0.15) is 45.6 Å². The highest BCUT2D eigenvalue weighted by atomic mass is 35.5. The molecule has 0 aromatic heterocycles. The summed E-state index contributed by atoms with van der Waals surface area (Å²) in [6.45, 7) is 5.57. The van der Waals surface area contributed by atoms with Gasteiger partial charge in [0.15, 0.2) is 0 Å². The van der Waals surface area contributed by atoms with Crippen molar-refractivity contribution in [2.24, 2.45) is 0 Å². The smallest absolute Gasteiger partial charge is 0.407 e. The Morgan fingerprint density at radius 2 is 1.97 bits per heavy atom. The maximum Gasteiger partial charge on any atom is 0.407 e. The molecule has 0 saturated carbocycles. The van der Waals surface area contributed by atoms with Crippen LogP contribution in [-0.4, -0.2) is 50.5 Å². The molecule has 0 spiro atoms. The van der Waals surface area contributed by atoms with Gasteiger partial charge >= 0.3 is 6.09 Å². The predicted molar refractivity (Wildman–Crippen MR) is 129 cm³/mol. The standard InChI is InChI=1S/C24H35ClN2O5/c1-16(9-7-8-10-17(2)26-24(30)32-6)13-19-14-20(23(25)21(15-19)31-5)27(4)22(29)12-11-18(3)28/h7-9,14-15,17-18,28H,10-13H2,1-6H3,(H,26,30)/b8-7+,16-9+/t17?,18-/m0/s1. The number of benzene rings is 1. The summed E-state index contributed by atoms with van der Waals surface area (Å²) in [6.07, 6.45) is 6.89. The van der Waals surface area contributed by atoms with Crippen LogP contribution in [0.4, 0.5) is 10.5 Å². The average Bonchev–Trinajstić information content (AvgIpc) is 2.75. The first kappa shape index (κ1) is 27.5. The monoisotopic (exact) mass is 466 g/mol. The quantitative estimate of drug-likeness (QED) is 0.463. The molecule has 32 heavy (non-hydrogen) atoms. The number of allylic oxidation sites excluding steroid dienone is 3. The highest BCUT2D eigenvalue weighted by Gasteiger charge is 2.18. The largest absolute Gasteiger partial charge is 0.495 e. The predicted octanol–water partition coefficient (Wildman–Crippen LogP) is 4.65. The van der Waals surface area contributed by atoms with E-state index in [2.05, 4.69) is 10.1 Å². The molecule has 2 atom stereocenters. The van der Waals surface area contributed by atoms with Crippen molar-refractivity contribution in [2.75, 3.05) is 26.2 Å². The van der Waals surface area contributed by atoms with Gasteiger partial charge in [-0.15, -0.1) is 0 Å². The van der Waals surface area contributed by atoms with Gasteiger partial charge in [0.25, 0.3) is 0 Å². The van der Waals surface area contributed by atoms with Crippen LogP contribution in [-0.2, 0) is 16.0 Å². The third kappa shape index (κ3) is 9.32. The molecule has 1 aromatic rings. The fraction of sp³-hybridized carbons (Fsp3) is 0.500. The summed E-state index contributed by atoms with van der Waals surface area (Å²) in [5.74, 6) is 0.372. The maximum absolute atomic E-state index is 12.5. The van der Waals surface area contributed by atoms with Crippen LogP contribution in [0.3, 0.4) is 0 Å².